The first-order chi connectivity index (χ1) is 10.1. The van der Waals surface area contributed by atoms with E-state index in [0.29, 0.717) is 11.2 Å². The van der Waals surface area contributed by atoms with E-state index in [1.54, 1.807) is 12.1 Å². The van der Waals surface area contributed by atoms with E-state index in [2.05, 4.69) is 17.0 Å². The second kappa shape index (κ2) is 5.09. The zero-order valence-corrected chi connectivity index (χ0v) is 12.1. The predicted molar refractivity (Wildman–Crippen MR) is 81.6 cm³/mol. The van der Waals surface area contributed by atoms with Gasteiger partial charge in [0.2, 0.25) is 5.88 Å². The van der Waals surface area contributed by atoms with E-state index in [-0.39, 0.29) is 17.0 Å². The minimum Gasteiger partial charge on any atom is -0.493 e. The van der Waals surface area contributed by atoms with Crippen molar-refractivity contribution in [1.82, 2.24) is 14.6 Å². The van der Waals surface area contributed by atoms with Crippen molar-refractivity contribution in [1.29, 1.82) is 0 Å². The minimum atomic E-state index is -0.312. The summed E-state index contributed by atoms with van der Waals surface area (Å²) in [5.74, 6) is -0.123. The van der Waals surface area contributed by atoms with E-state index < -0.39 is 0 Å². The van der Waals surface area contributed by atoms with Crippen molar-refractivity contribution < 1.29 is 5.11 Å². The van der Waals surface area contributed by atoms with Crippen molar-refractivity contribution in [3.63, 3.8) is 0 Å². The number of aromatic nitrogens is 3. The third kappa shape index (κ3) is 2.31. The first kappa shape index (κ1) is 13.4. The molecule has 0 spiro atoms. The molecule has 2 N–H and O–H groups in total. The van der Waals surface area contributed by atoms with Gasteiger partial charge in [0.1, 0.15) is 11.2 Å². The number of nitrogens with zero attached hydrogens (tertiary/aromatic N) is 2. The summed E-state index contributed by atoms with van der Waals surface area (Å²) in [6.45, 7) is 4.01. The van der Waals surface area contributed by atoms with E-state index in [9.17, 15) is 9.90 Å². The van der Waals surface area contributed by atoms with Gasteiger partial charge in [-0.1, -0.05) is 43.2 Å². The number of hydrogen-bond acceptors (Lipinski definition) is 3. The molecule has 3 rings (SSSR count). The highest BCUT2D eigenvalue weighted by molar-refractivity contribution is 5.69. The van der Waals surface area contributed by atoms with Crippen LogP contribution < -0.4 is 5.56 Å². The molecule has 0 saturated carbocycles. The lowest BCUT2D eigenvalue weighted by Crippen LogP contribution is -2.12. The Labute approximate surface area is 121 Å². The topological polar surface area (TPSA) is 70.4 Å². The van der Waals surface area contributed by atoms with Crippen LogP contribution in [-0.4, -0.2) is 19.7 Å². The Bertz CT molecular complexity index is 862. The lowest BCUT2D eigenvalue weighted by Gasteiger charge is -2.06. The molecule has 0 unspecified atom stereocenters. The molecule has 0 radical (unpaired) electrons. The Hall–Kier alpha value is -2.56. The maximum atomic E-state index is 12.3. The van der Waals surface area contributed by atoms with Crippen LogP contribution in [0.2, 0.25) is 0 Å². The van der Waals surface area contributed by atoms with Crippen molar-refractivity contribution in [2.24, 2.45) is 0 Å². The first-order valence-electron chi connectivity index (χ1n) is 7.01. The minimum absolute atomic E-state index is 0.123. The number of aromatic amines is 1. The molecule has 0 aliphatic carbocycles. The van der Waals surface area contributed by atoms with Gasteiger partial charge in [-0.25, -0.2) is 0 Å². The van der Waals surface area contributed by atoms with Gasteiger partial charge < -0.3 is 10.1 Å². The average molecular weight is 283 g/mol. The largest absolute Gasteiger partial charge is 0.493 e. The van der Waals surface area contributed by atoms with Gasteiger partial charge >= 0.3 is 0 Å². The molecule has 0 saturated heterocycles. The molecule has 3 aromatic rings. The van der Waals surface area contributed by atoms with E-state index >= 15 is 0 Å². The molecule has 0 amide bonds. The highest BCUT2D eigenvalue weighted by Crippen LogP contribution is 2.26. The number of aromatic hydroxyl groups is 1. The molecule has 5 heteroatoms. The maximum Gasteiger partial charge on any atom is 0.262 e. The third-order valence-corrected chi connectivity index (χ3v) is 3.47. The SMILES string of the molecule is CCCc1cc2[nH]c(=O)c(-c3cccc(C)c3)c(O)n2n1. The standard InChI is InChI=1S/C16H17N3O2/c1-3-5-12-9-13-17-15(20)14(16(21)19(13)18-12)11-7-4-6-10(2)8-11/h4,6-9,21H,3,5H2,1-2H3,(H,17,20). The Morgan fingerprint density at radius 1 is 1.33 bits per heavy atom. The van der Waals surface area contributed by atoms with Crippen LogP contribution in [0.4, 0.5) is 0 Å². The van der Waals surface area contributed by atoms with Gasteiger partial charge in [0.25, 0.3) is 5.56 Å². The molecular formula is C16H17N3O2. The van der Waals surface area contributed by atoms with Crippen LogP contribution >= 0.6 is 0 Å². The fourth-order valence-electron chi connectivity index (χ4n) is 2.51. The fraction of sp³-hybridized carbons (Fsp3) is 0.250. The summed E-state index contributed by atoms with van der Waals surface area (Å²) in [5.41, 5.74) is 3.01. The van der Waals surface area contributed by atoms with Crippen molar-refractivity contribution in [3.05, 3.63) is 51.9 Å². The van der Waals surface area contributed by atoms with E-state index in [1.807, 2.05) is 25.1 Å². The van der Waals surface area contributed by atoms with Crippen LogP contribution in [-0.2, 0) is 6.42 Å². The zero-order valence-electron chi connectivity index (χ0n) is 12.1. The molecule has 21 heavy (non-hydrogen) atoms. The molecule has 0 aliphatic rings. The van der Waals surface area contributed by atoms with Crippen molar-refractivity contribution in [3.8, 4) is 17.0 Å². The summed E-state index contributed by atoms with van der Waals surface area (Å²) < 4.78 is 1.39. The van der Waals surface area contributed by atoms with E-state index in [4.69, 9.17) is 0 Å². The van der Waals surface area contributed by atoms with Gasteiger partial charge in [-0.3, -0.25) is 4.79 Å². The molecular weight excluding hydrogens is 266 g/mol. The Morgan fingerprint density at radius 2 is 2.14 bits per heavy atom. The lowest BCUT2D eigenvalue weighted by atomic mass is 10.1. The number of hydrogen-bond donors (Lipinski definition) is 2. The molecule has 5 nitrogen and oxygen atoms in total. The van der Waals surface area contributed by atoms with Gasteiger partial charge in [0, 0.05) is 6.07 Å². The summed E-state index contributed by atoms with van der Waals surface area (Å²) in [4.78, 5) is 15.1. The molecule has 0 aliphatic heterocycles. The highest BCUT2D eigenvalue weighted by atomic mass is 16.3. The summed E-state index contributed by atoms with van der Waals surface area (Å²) in [6, 6.07) is 9.27. The highest BCUT2D eigenvalue weighted by Gasteiger charge is 2.15. The molecule has 108 valence electrons. The van der Waals surface area contributed by atoms with Crippen LogP contribution in [0, 0.1) is 6.92 Å². The number of rotatable bonds is 3. The summed E-state index contributed by atoms with van der Waals surface area (Å²) in [5, 5.41) is 14.8. The summed E-state index contributed by atoms with van der Waals surface area (Å²) >= 11 is 0. The number of fused-ring (bicyclic) bond motifs is 1. The van der Waals surface area contributed by atoms with Crippen LogP contribution in [0.5, 0.6) is 5.88 Å². The normalized spacial score (nSPS) is 11.1. The second-order valence-corrected chi connectivity index (χ2v) is 5.20. The summed E-state index contributed by atoms with van der Waals surface area (Å²) in [6.07, 6.45) is 1.77. The molecule has 1 aromatic carbocycles. The third-order valence-electron chi connectivity index (χ3n) is 3.47. The number of nitrogens with one attached hydrogen (secondary N) is 1. The van der Waals surface area contributed by atoms with Crippen LogP contribution in [0.15, 0.2) is 35.1 Å². The monoisotopic (exact) mass is 283 g/mol. The zero-order chi connectivity index (χ0) is 15.0. The first-order valence-corrected chi connectivity index (χ1v) is 7.01. The van der Waals surface area contributed by atoms with Crippen molar-refractivity contribution in [2.45, 2.75) is 26.7 Å². The lowest BCUT2D eigenvalue weighted by molar-refractivity contribution is 0.436. The van der Waals surface area contributed by atoms with Gasteiger partial charge in [0.15, 0.2) is 0 Å². The fourth-order valence-corrected chi connectivity index (χ4v) is 2.51. The van der Waals surface area contributed by atoms with Gasteiger partial charge in [-0.2, -0.15) is 9.61 Å². The van der Waals surface area contributed by atoms with E-state index in [0.717, 1.165) is 24.1 Å². The number of H-pyrrole nitrogens is 1. The molecule has 0 bridgehead atoms. The van der Waals surface area contributed by atoms with Crippen molar-refractivity contribution in [2.75, 3.05) is 0 Å². The van der Waals surface area contributed by atoms with Gasteiger partial charge in [0.05, 0.1) is 5.69 Å². The van der Waals surface area contributed by atoms with Crippen molar-refractivity contribution >= 4 is 5.65 Å². The van der Waals surface area contributed by atoms with Crippen LogP contribution in [0.1, 0.15) is 24.6 Å². The van der Waals surface area contributed by atoms with Gasteiger partial charge in [-0.05, 0) is 18.9 Å². The molecule has 0 fully saturated rings. The molecule has 2 heterocycles. The molecule has 0 atom stereocenters. The smallest absolute Gasteiger partial charge is 0.262 e. The molecule has 2 aromatic heterocycles. The summed E-state index contributed by atoms with van der Waals surface area (Å²) in [7, 11) is 0. The quantitative estimate of drug-likeness (QED) is 0.776. The average Bonchev–Trinajstić information content (AvgIpc) is 2.82. The Kier molecular flexibility index (Phi) is 3.25. The van der Waals surface area contributed by atoms with Crippen LogP contribution in [0.3, 0.4) is 0 Å². The Morgan fingerprint density at radius 3 is 2.86 bits per heavy atom. The van der Waals surface area contributed by atoms with E-state index in [1.165, 1.54) is 4.52 Å². The van der Waals surface area contributed by atoms with Crippen LogP contribution in [0.25, 0.3) is 16.8 Å². The Balaban J connectivity index is 2.26. The predicted octanol–water partition coefficient (Wildman–Crippen LogP) is 2.66. The maximum absolute atomic E-state index is 12.3. The second-order valence-electron chi connectivity index (χ2n) is 5.20. The number of aryl methyl sites for hydroxylation is 2. The van der Waals surface area contributed by atoms with Gasteiger partial charge in [-0.15, -0.1) is 0 Å². The number of benzene rings is 1.